The van der Waals surface area contributed by atoms with Crippen LogP contribution in [0.1, 0.15) is 41.8 Å². The molecule has 5 rings (SSSR count). The molecule has 1 amide bonds. The van der Waals surface area contributed by atoms with E-state index in [1.54, 1.807) is 0 Å². The van der Waals surface area contributed by atoms with Crippen LogP contribution in [0.4, 0.5) is 11.4 Å². The zero-order valence-corrected chi connectivity index (χ0v) is 17.2. The lowest BCUT2D eigenvalue weighted by molar-refractivity contribution is -0.981. The molecular weight excluding hydrogens is 360 g/mol. The molecule has 1 fully saturated rings. The van der Waals surface area contributed by atoms with Crippen LogP contribution in [0.3, 0.4) is 0 Å². The summed E-state index contributed by atoms with van der Waals surface area (Å²) in [7, 11) is 0. The van der Waals surface area contributed by atoms with Gasteiger partial charge in [0.2, 0.25) is 0 Å². The van der Waals surface area contributed by atoms with E-state index in [1.807, 2.05) is 0 Å². The first-order chi connectivity index (χ1) is 14.3. The standard InChI is InChI=1S/C24H30N4O/c29-23(17-27-13-15-28(16-14-27)18-7-2-1-3-8-18)26-24-19-9-4-5-11-21(19)25-22-12-6-10-20(22)24/h1-3,7-8H,4-6,9-17H2,(H,25,26,29)/p+2. The Morgan fingerprint density at radius 3 is 2.28 bits per heavy atom. The average molecular weight is 393 g/mol. The Labute approximate surface area is 173 Å². The molecule has 1 saturated heterocycles. The van der Waals surface area contributed by atoms with Crippen molar-refractivity contribution in [2.24, 2.45) is 0 Å². The number of carbonyl (C=O) groups is 1. The number of hydrogen-bond donors (Lipinski definition) is 3. The fourth-order valence-electron chi connectivity index (χ4n) is 5.35. The van der Waals surface area contributed by atoms with Crippen LogP contribution in [0.25, 0.3) is 0 Å². The van der Waals surface area contributed by atoms with Gasteiger partial charge in [0.25, 0.3) is 5.91 Å². The van der Waals surface area contributed by atoms with Crippen molar-refractivity contribution >= 4 is 17.3 Å². The predicted octanol–water partition coefficient (Wildman–Crippen LogP) is 0.503. The summed E-state index contributed by atoms with van der Waals surface area (Å²) in [5.41, 5.74) is 7.66. The summed E-state index contributed by atoms with van der Waals surface area (Å²) in [6, 6.07) is 10.7. The number of anilines is 1. The van der Waals surface area contributed by atoms with Gasteiger partial charge in [-0.25, -0.2) is 0 Å². The summed E-state index contributed by atoms with van der Waals surface area (Å²) >= 11 is 0. The Kier molecular flexibility index (Phi) is 5.34. The summed E-state index contributed by atoms with van der Waals surface area (Å²) in [6.07, 6.45) is 7.88. The Morgan fingerprint density at radius 1 is 0.862 bits per heavy atom. The van der Waals surface area contributed by atoms with Gasteiger partial charge < -0.3 is 10.2 Å². The van der Waals surface area contributed by atoms with E-state index in [1.165, 1.54) is 57.3 Å². The Morgan fingerprint density at radius 2 is 1.52 bits per heavy atom. The van der Waals surface area contributed by atoms with Gasteiger partial charge in [-0.2, -0.15) is 0 Å². The van der Waals surface area contributed by atoms with E-state index >= 15 is 0 Å². The predicted molar refractivity (Wildman–Crippen MR) is 114 cm³/mol. The SMILES string of the molecule is O=C(C[NH+]1CC[NH+](c2ccccc2)CC1)Nc1c2c(nc3c1CCC3)CCCC2. The van der Waals surface area contributed by atoms with Crippen molar-refractivity contribution in [3.8, 4) is 0 Å². The third kappa shape index (κ3) is 3.94. The van der Waals surface area contributed by atoms with E-state index in [0.717, 1.165) is 57.5 Å². The normalized spacial score (nSPS) is 23.3. The number of nitrogens with zero attached hydrogens (tertiary/aromatic N) is 1. The highest BCUT2D eigenvalue weighted by Crippen LogP contribution is 2.35. The summed E-state index contributed by atoms with van der Waals surface area (Å²) in [5.74, 6) is 0.177. The number of nitrogens with one attached hydrogen (secondary N) is 3. The number of piperazine rings is 1. The molecule has 5 nitrogen and oxygen atoms in total. The second-order valence-corrected chi connectivity index (χ2v) is 8.84. The molecule has 2 aromatic rings. The van der Waals surface area contributed by atoms with Crippen molar-refractivity contribution in [1.29, 1.82) is 0 Å². The van der Waals surface area contributed by atoms with Crippen LogP contribution in [0.5, 0.6) is 0 Å². The molecule has 0 bridgehead atoms. The highest BCUT2D eigenvalue weighted by Gasteiger charge is 2.28. The molecule has 0 radical (unpaired) electrons. The van der Waals surface area contributed by atoms with Gasteiger partial charge in [-0.3, -0.25) is 14.7 Å². The lowest BCUT2D eigenvalue weighted by atomic mass is 9.92. The Bertz CT molecular complexity index is 887. The quantitative estimate of drug-likeness (QED) is 0.710. The maximum atomic E-state index is 13.0. The topological polar surface area (TPSA) is 50.9 Å². The van der Waals surface area contributed by atoms with Crippen molar-refractivity contribution < 1.29 is 14.6 Å². The minimum atomic E-state index is 0.177. The number of para-hydroxylation sites is 1. The van der Waals surface area contributed by atoms with Crippen LogP contribution in [-0.4, -0.2) is 43.6 Å². The van der Waals surface area contributed by atoms with Crippen molar-refractivity contribution in [2.45, 2.75) is 44.9 Å². The summed E-state index contributed by atoms with van der Waals surface area (Å²) in [4.78, 5) is 20.9. The van der Waals surface area contributed by atoms with Gasteiger partial charge in [0, 0.05) is 11.4 Å². The molecule has 1 aromatic carbocycles. The van der Waals surface area contributed by atoms with E-state index in [-0.39, 0.29) is 5.91 Å². The van der Waals surface area contributed by atoms with E-state index in [4.69, 9.17) is 4.98 Å². The number of fused-ring (bicyclic) bond motifs is 2. The molecule has 3 aliphatic rings. The molecule has 5 heteroatoms. The molecule has 2 heterocycles. The molecule has 29 heavy (non-hydrogen) atoms. The van der Waals surface area contributed by atoms with Gasteiger partial charge in [-0.15, -0.1) is 0 Å². The zero-order chi connectivity index (χ0) is 19.6. The number of amides is 1. The number of pyridine rings is 1. The number of carbonyl (C=O) groups excluding carboxylic acids is 1. The highest BCUT2D eigenvalue weighted by atomic mass is 16.2. The monoisotopic (exact) mass is 392 g/mol. The second kappa shape index (κ2) is 8.25. The third-order valence-electron chi connectivity index (χ3n) is 6.92. The van der Waals surface area contributed by atoms with Gasteiger partial charge in [-0.05, 0) is 68.2 Å². The van der Waals surface area contributed by atoms with Crippen molar-refractivity contribution in [3.63, 3.8) is 0 Å². The molecule has 2 aliphatic carbocycles. The van der Waals surface area contributed by atoms with E-state index in [2.05, 4.69) is 35.6 Å². The molecule has 0 unspecified atom stereocenters. The minimum absolute atomic E-state index is 0.177. The number of aromatic nitrogens is 1. The Hall–Kier alpha value is -2.24. The van der Waals surface area contributed by atoms with Crippen molar-refractivity contribution in [3.05, 3.63) is 52.8 Å². The number of quaternary nitrogens is 2. The minimum Gasteiger partial charge on any atom is -0.321 e. The maximum absolute atomic E-state index is 13.0. The molecule has 1 aromatic heterocycles. The van der Waals surface area contributed by atoms with Crippen LogP contribution in [0, 0.1) is 0 Å². The smallest absolute Gasteiger partial charge is 0.279 e. The number of rotatable bonds is 4. The lowest BCUT2D eigenvalue weighted by Crippen LogP contribution is -3.26. The van der Waals surface area contributed by atoms with E-state index in [9.17, 15) is 4.79 Å². The summed E-state index contributed by atoms with van der Waals surface area (Å²) < 4.78 is 0. The second-order valence-electron chi connectivity index (χ2n) is 8.84. The fourth-order valence-corrected chi connectivity index (χ4v) is 5.35. The molecule has 0 spiro atoms. The van der Waals surface area contributed by atoms with E-state index < -0.39 is 0 Å². The van der Waals surface area contributed by atoms with Crippen LogP contribution in [0.2, 0.25) is 0 Å². The van der Waals surface area contributed by atoms with Gasteiger partial charge in [-0.1, -0.05) is 18.2 Å². The molecule has 0 atom stereocenters. The molecule has 152 valence electrons. The zero-order valence-electron chi connectivity index (χ0n) is 17.2. The van der Waals surface area contributed by atoms with Gasteiger partial charge in [0.1, 0.15) is 31.9 Å². The van der Waals surface area contributed by atoms with Crippen LogP contribution < -0.4 is 15.1 Å². The summed E-state index contributed by atoms with van der Waals surface area (Å²) in [5, 5.41) is 3.35. The first-order valence-electron chi connectivity index (χ1n) is 11.3. The van der Waals surface area contributed by atoms with Gasteiger partial charge in [0.15, 0.2) is 6.54 Å². The number of hydrogen-bond acceptors (Lipinski definition) is 2. The lowest BCUT2D eigenvalue weighted by Gasteiger charge is -2.29. The third-order valence-corrected chi connectivity index (χ3v) is 6.92. The average Bonchev–Trinajstić information content (AvgIpc) is 3.23. The number of aryl methyl sites for hydroxylation is 2. The van der Waals surface area contributed by atoms with Gasteiger partial charge in [0.05, 0.1) is 5.69 Å². The molecule has 1 aliphatic heterocycles. The van der Waals surface area contributed by atoms with Crippen LogP contribution >= 0.6 is 0 Å². The Balaban J connectivity index is 1.24. The largest absolute Gasteiger partial charge is 0.321 e. The first kappa shape index (κ1) is 18.8. The van der Waals surface area contributed by atoms with Gasteiger partial charge >= 0.3 is 0 Å². The highest BCUT2D eigenvalue weighted by molar-refractivity contribution is 5.93. The molecule has 0 saturated carbocycles. The molecule has 3 N–H and O–H groups in total. The maximum Gasteiger partial charge on any atom is 0.279 e. The summed E-state index contributed by atoms with van der Waals surface area (Å²) in [6.45, 7) is 4.85. The first-order valence-corrected chi connectivity index (χ1v) is 11.3. The van der Waals surface area contributed by atoms with Crippen molar-refractivity contribution in [2.75, 3.05) is 38.0 Å². The van der Waals surface area contributed by atoms with Crippen molar-refractivity contribution in [1.82, 2.24) is 4.98 Å². The van der Waals surface area contributed by atoms with Crippen LogP contribution in [0.15, 0.2) is 30.3 Å². The van der Waals surface area contributed by atoms with Crippen LogP contribution in [-0.2, 0) is 30.5 Å². The number of benzene rings is 1. The molecular formula is C24H32N4O+2. The fraction of sp³-hybridized carbons (Fsp3) is 0.500. The van der Waals surface area contributed by atoms with E-state index in [0.29, 0.717) is 6.54 Å².